The Balaban J connectivity index is 2.91. The first-order valence-electron chi connectivity index (χ1n) is 12.3. The van der Waals surface area contributed by atoms with Crippen molar-refractivity contribution in [2.75, 3.05) is 33.0 Å². The van der Waals surface area contributed by atoms with Crippen LogP contribution in [0, 0.1) is 0 Å². The largest absolute Gasteiger partial charge is 0.414 e. The van der Waals surface area contributed by atoms with E-state index in [1.54, 1.807) is 0 Å². The molecule has 6 heteroatoms. The molecule has 0 aromatic heterocycles. The SMILES string of the molecule is CCCCO[C@H]1[C@H](OCCCC)[C@@H](CO[Si](C)(C)C(C)(C)C)OC[C@@H]1OCCCC. The maximum Gasteiger partial charge on any atom is 0.192 e. The van der Waals surface area contributed by atoms with Gasteiger partial charge in [-0.05, 0) is 37.4 Å². The van der Waals surface area contributed by atoms with Crippen LogP contribution in [0.2, 0.25) is 18.1 Å². The molecule has 0 unspecified atom stereocenters. The third-order valence-corrected chi connectivity index (χ3v) is 10.9. The third-order valence-electron chi connectivity index (χ3n) is 6.39. The van der Waals surface area contributed by atoms with E-state index < -0.39 is 8.32 Å². The second-order valence-corrected chi connectivity index (χ2v) is 14.9. The quantitative estimate of drug-likeness (QED) is 0.229. The number of hydrogen-bond acceptors (Lipinski definition) is 5. The van der Waals surface area contributed by atoms with E-state index in [1.165, 1.54) is 0 Å². The fourth-order valence-electron chi connectivity index (χ4n) is 3.13. The molecule has 1 rings (SSSR count). The van der Waals surface area contributed by atoms with Gasteiger partial charge in [-0.3, -0.25) is 0 Å². The van der Waals surface area contributed by atoms with Crippen LogP contribution in [-0.2, 0) is 23.4 Å². The van der Waals surface area contributed by atoms with Gasteiger partial charge in [-0.15, -0.1) is 0 Å². The van der Waals surface area contributed by atoms with Gasteiger partial charge in [-0.2, -0.15) is 0 Å². The number of ether oxygens (including phenoxy) is 4. The molecule has 1 fully saturated rings. The highest BCUT2D eigenvalue weighted by molar-refractivity contribution is 6.74. The molecule has 30 heavy (non-hydrogen) atoms. The lowest BCUT2D eigenvalue weighted by atomic mass is 9.99. The lowest BCUT2D eigenvalue weighted by Gasteiger charge is -2.44. The molecule has 0 spiro atoms. The zero-order valence-electron chi connectivity index (χ0n) is 21.1. The predicted octanol–water partition coefficient (Wildman–Crippen LogP) is 5.96. The molecule has 0 aliphatic carbocycles. The second kappa shape index (κ2) is 14.2. The van der Waals surface area contributed by atoms with Crippen LogP contribution in [0.3, 0.4) is 0 Å². The van der Waals surface area contributed by atoms with Gasteiger partial charge < -0.3 is 23.4 Å². The van der Waals surface area contributed by atoms with Gasteiger partial charge in [0.25, 0.3) is 0 Å². The molecule has 5 nitrogen and oxygen atoms in total. The van der Waals surface area contributed by atoms with Gasteiger partial charge >= 0.3 is 0 Å². The van der Waals surface area contributed by atoms with E-state index in [2.05, 4.69) is 54.6 Å². The molecule has 180 valence electrons. The van der Waals surface area contributed by atoms with Crippen LogP contribution in [0.5, 0.6) is 0 Å². The van der Waals surface area contributed by atoms with E-state index >= 15 is 0 Å². The van der Waals surface area contributed by atoms with Crippen LogP contribution in [0.4, 0.5) is 0 Å². The molecule has 0 saturated carbocycles. The zero-order valence-corrected chi connectivity index (χ0v) is 22.1. The van der Waals surface area contributed by atoms with E-state index in [4.69, 9.17) is 23.4 Å². The Morgan fingerprint density at radius 3 is 1.80 bits per heavy atom. The summed E-state index contributed by atoms with van der Waals surface area (Å²) >= 11 is 0. The Kier molecular flexibility index (Phi) is 13.3. The van der Waals surface area contributed by atoms with Crippen LogP contribution >= 0.6 is 0 Å². The van der Waals surface area contributed by atoms with Crippen molar-refractivity contribution in [3.05, 3.63) is 0 Å². The minimum atomic E-state index is -1.86. The minimum absolute atomic E-state index is 0.0795. The molecule has 0 bridgehead atoms. The van der Waals surface area contributed by atoms with Crippen molar-refractivity contribution in [2.24, 2.45) is 0 Å². The fourth-order valence-corrected chi connectivity index (χ4v) is 4.15. The van der Waals surface area contributed by atoms with Crippen molar-refractivity contribution in [1.82, 2.24) is 0 Å². The number of rotatable bonds is 15. The smallest absolute Gasteiger partial charge is 0.192 e. The summed E-state index contributed by atoms with van der Waals surface area (Å²) in [5.41, 5.74) is 0. The van der Waals surface area contributed by atoms with Gasteiger partial charge in [-0.25, -0.2) is 0 Å². The van der Waals surface area contributed by atoms with E-state index in [1.807, 2.05) is 0 Å². The number of hydrogen-bond donors (Lipinski definition) is 0. The van der Waals surface area contributed by atoms with E-state index in [0.717, 1.165) is 58.3 Å². The lowest BCUT2D eigenvalue weighted by Crippen LogP contribution is -2.58. The van der Waals surface area contributed by atoms with Gasteiger partial charge in [-0.1, -0.05) is 60.8 Å². The predicted molar refractivity (Wildman–Crippen MR) is 127 cm³/mol. The summed E-state index contributed by atoms with van der Waals surface area (Å²) in [5, 5.41) is 0.170. The molecular formula is C24H50O5Si. The van der Waals surface area contributed by atoms with E-state index in [0.29, 0.717) is 13.2 Å². The summed E-state index contributed by atoms with van der Waals surface area (Å²) in [6.07, 6.45) is 6.02. The Labute approximate surface area is 187 Å². The van der Waals surface area contributed by atoms with Crippen LogP contribution in [0.15, 0.2) is 0 Å². The normalized spacial score (nSPS) is 25.6. The fraction of sp³-hybridized carbons (Fsp3) is 1.00. The first-order valence-corrected chi connectivity index (χ1v) is 15.2. The van der Waals surface area contributed by atoms with Crippen LogP contribution in [-0.4, -0.2) is 65.8 Å². The molecule has 1 aliphatic heterocycles. The monoisotopic (exact) mass is 446 g/mol. The highest BCUT2D eigenvalue weighted by Gasteiger charge is 2.45. The van der Waals surface area contributed by atoms with Gasteiger partial charge in [0.1, 0.15) is 24.4 Å². The van der Waals surface area contributed by atoms with Crippen molar-refractivity contribution in [3.63, 3.8) is 0 Å². The molecule has 1 saturated heterocycles. The Morgan fingerprint density at radius 2 is 1.30 bits per heavy atom. The van der Waals surface area contributed by atoms with Crippen LogP contribution < -0.4 is 0 Å². The Hall–Kier alpha value is 0.0169. The van der Waals surface area contributed by atoms with Gasteiger partial charge in [0.15, 0.2) is 8.32 Å². The van der Waals surface area contributed by atoms with Crippen LogP contribution in [0.1, 0.15) is 80.1 Å². The Bertz CT molecular complexity index is 438. The summed E-state index contributed by atoms with van der Waals surface area (Å²) in [7, 11) is -1.86. The first kappa shape index (κ1) is 28.1. The highest BCUT2D eigenvalue weighted by Crippen LogP contribution is 2.37. The molecule has 1 aliphatic rings. The van der Waals surface area contributed by atoms with Crippen molar-refractivity contribution >= 4 is 8.32 Å². The molecule has 0 aromatic carbocycles. The molecule has 0 N–H and O–H groups in total. The van der Waals surface area contributed by atoms with Crippen molar-refractivity contribution in [1.29, 1.82) is 0 Å². The second-order valence-electron chi connectivity index (χ2n) is 10.1. The zero-order chi connectivity index (χ0) is 22.6. The summed E-state index contributed by atoms with van der Waals surface area (Å²) in [6.45, 7) is 21.2. The average Bonchev–Trinajstić information content (AvgIpc) is 2.68. The maximum atomic E-state index is 6.52. The molecule has 1 heterocycles. The highest BCUT2D eigenvalue weighted by atomic mass is 28.4. The van der Waals surface area contributed by atoms with Gasteiger partial charge in [0, 0.05) is 19.8 Å². The summed E-state index contributed by atoms with van der Waals surface area (Å²) in [5.74, 6) is 0. The molecule has 0 amide bonds. The summed E-state index contributed by atoms with van der Waals surface area (Å²) in [6, 6.07) is 0. The lowest BCUT2D eigenvalue weighted by molar-refractivity contribution is -0.235. The first-order chi connectivity index (χ1) is 14.2. The minimum Gasteiger partial charge on any atom is -0.414 e. The summed E-state index contributed by atoms with van der Waals surface area (Å²) in [4.78, 5) is 0. The van der Waals surface area contributed by atoms with Gasteiger partial charge in [0.2, 0.25) is 0 Å². The molecular weight excluding hydrogens is 396 g/mol. The topological polar surface area (TPSA) is 46.2 Å². The van der Waals surface area contributed by atoms with Crippen molar-refractivity contribution in [3.8, 4) is 0 Å². The van der Waals surface area contributed by atoms with Crippen molar-refractivity contribution < 1.29 is 23.4 Å². The molecule has 0 aromatic rings. The van der Waals surface area contributed by atoms with Crippen molar-refractivity contribution in [2.45, 2.75) is 123 Å². The van der Waals surface area contributed by atoms with E-state index in [-0.39, 0.29) is 29.5 Å². The average molecular weight is 447 g/mol. The van der Waals surface area contributed by atoms with E-state index in [9.17, 15) is 0 Å². The Morgan fingerprint density at radius 1 is 0.800 bits per heavy atom. The maximum absolute atomic E-state index is 6.52. The molecule has 4 atom stereocenters. The van der Waals surface area contributed by atoms with Crippen LogP contribution in [0.25, 0.3) is 0 Å². The van der Waals surface area contributed by atoms with Gasteiger partial charge in [0.05, 0.1) is 13.2 Å². The molecule has 0 radical (unpaired) electrons. The number of unbranched alkanes of at least 4 members (excludes halogenated alkanes) is 3. The standard InChI is InChI=1S/C24H50O5Si/c1-9-12-15-25-20-18-28-21(19-29-30(7,8)24(4,5)6)23(27-17-14-11-3)22(20)26-16-13-10-2/h20-23H,9-19H2,1-8H3/t20-,21+,22+,23+/m0/s1. The third kappa shape index (κ3) is 9.25. The summed E-state index contributed by atoms with van der Waals surface area (Å²) < 4.78 is 31.7.